The van der Waals surface area contributed by atoms with Gasteiger partial charge in [-0.05, 0) is 116 Å². The van der Waals surface area contributed by atoms with Crippen molar-refractivity contribution < 1.29 is 19.8 Å². The fourth-order valence-electron chi connectivity index (χ4n) is 11.2. The predicted octanol–water partition coefficient (Wildman–Crippen LogP) is 6.49. The largest absolute Gasteiger partial charge is 0.481 e. The van der Waals surface area contributed by atoms with Crippen LogP contribution in [0.5, 0.6) is 0 Å². The molecule has 0 amide bonds. The summed E-state index contributed by atoms with van der Waals surface area (Å²) >= 11 is 0. The molecule has 34 heavy (non-hydrogen) atoms. The molecule has 5 aliphatic rings. The van der Waals surface area contributed by atoms with E-state index in [0.717, 1.165) is 44.9 Å². The lowest BCUT2D eigenvalue weighted by Gasteiger charge is -2.74. The smallest absolute Gasteiger partial charge is 0.309 e. The third-order valence-electron chi connectivity index (χ3n) is 14.1. The maximum Gasteiger partial charge on any atom is 0.309 e. The maximum absolute atomic E-state index is 12.8. The van der Waals surface area contributed by atoms with Crippen molar-refractivity contribution in [3.63, 3.8) is 0 Å². The van der Waals surface area contributed by atoms with Crippen LogP contribution in [-0.2, 0) is 9.59 Å². The predicted molar refractivity (Wildman–Crippen MR) is 133 cm³/mol. The van der Waals surface area contributed by atoms with E-state index in [0.29, 0.717) is 24.2 Å². The number of hydrogen-bond donors (Lipinski definition) is 2. The number of aliphatic hydroxyl groups excluding tert-OH is 1. The Labute approximate surface area is 206 Å². The zero-order chi connectivity index (χ0) is 25.1. The summed E-state index contributed by atoms with van der Waals surface area (Å²) in [7, 11) is 0. The second-order valence-electron chi connectivity index (χ2n) is 15.1. The van der Waals surface area contributed by atoms with Gasteiger partial charge in [-0.2, -0.15) is 0 Å². The van der Waals surface area contributed by atoms with Gasteiger partial charge in [0.1, 0.15) is 6.10 Å². The Balaban J connectivity index is 1.55. The van der Waals surface area contributed by atoms with E-state index in [4.69, 9.17) is 0 Å². The van der Waals surface area contributed by atoms with Crippen LogP contribution in [0.25, 0.3) is 0 Å². The molecule has 0 spiro atoms. The van der Waals surface area contributed by atoms with E-state index < -0.39 is 17.5 Å². The van der Waals surface area contributed by atoms with Gasteiger partial charge in [0.25, 0.3) is 0 Å². The summed E-state index contributed by atoms with van der Waals surface area (Å²) in [6, 6.07) is 0. The van der Waals surface area contributed by atoms with E-state index in [9.17, 15) is 19.8 Å². The molecular weight excluding hydrogens is 424 g/mol. The van der Waals surface area contributed by atoms with Gasteiger partial charge in [0.15, 0.2) is 5.78 Å². The standard InChI is InChI=1S/C30H48O4/c1-18-23(32)19(31)16-21-27(18,4)9-8-20-28(21,5)13-15-30(7)22-17-26(3,24(33)34)11-10-25(22,2)12-14-29(20,30)6/h18-22,31H,8-17H2,1-7H3,(H,33,34)/t18-,19-,20?,21?,22?,25+,26+,27+,28+,29+,30-/m0/s1. The second kappa shape index (κ2) is 7.11. The van der Waals surface area contributed by atoms with Crippen LogP contribution in [0.1, 0.15) is 113 Å². The van der Waals surface area contributed by atoms with Crippen molar-refractivity contribution in [3.8, 4) is 0 Å². The van der Waals surface area contributed by atoms with Crippen LogP contribution in [0, 0.1) is 56.2 Å². The van der Waals surface area contributed by atoms with E-state index in [2.05, 4.69) is 41.5 Å². The molecule has 4 nitrogen and oxygen atoms in total. The van der Waals surface area contributed by atoms with Gasteiger partial charge in [0.05, 0.1) is 5.41 Å². The maximum atomic E-state index is 12.8. The summed E-state index contributed by atoms with van der Waals surface area (Å²) in [5.74, 6) is 0.720. The molecule has 0 aromatic carbocycles. The molecule has 11 atom stereocenters. The average Bonchev–Trinajstić information content (AvgIpc) is 2.77. The van der Waals surface area contributed by atoms with Crippen LogP contribution in [0.2, 0.25) is 0 Å². The summed E-state index contributed by atoms with van der Waals surface area (Å²) in [6.07, 6.45) is 9.36. The van der Waals surface area contributed by atoms with E-state index in [1.165, 1.54) is 12.8 Å². The minimum Gasteiger partial charge on any atom is -0.481 e. The molecule has 0 aromatic heterocycles. The SMILES string of the molecule is C[C@H]1C(=O)[C@@H](O)CC2[C@]3(C)CC[C@@]4(C)C5C[C@](C)(C(=O)O)CC[C@]5(C)CC[C@]4(C)C3CC[C@@]21C. The van der Waals surface area contributed by atoms with Crippen LogP contribution in [0.4, 0.5) is 0 Å². The van der Waals surface area contributed by atoms with Crippen molar-refractivity contribution in [2.75, 3.05) is 0 Å². The number of Topliss-reactive ketones (excluding diaryl/α,β-unsaturated/α-hetero) is 1. The Morgan fingerprint density at radius 2 is 1.38 bits per heavy atom. The van der Waals surface area contributed by atoms with Crippen LogP contribution in [0.15, 0.2) is 0 Å². The number of fused-ring (bicyclic) bond motifs is 7. The van der Waals surface area contributed by atoms with Crippen molar-refractivity contribution in [3.05, 3.63) is 0 Å². The lowest BCUT2D eigenvalue weighted by atomic mass is 9.30. The Morgan fingerprint density at radius 3 is 2.03 bits per heavy atom. The molecule has 4 heteroatoms. The summed E-state index contributed by atoms with van der Waals surface area (Å²) < 4.78 is 0. The number of rotatable bonds is 1. The fourth-order valence-corrected chi connectivity index (χ4v) is 11.2. The molecule has 0 heterocycles. The molecule has 5 saturated carbocycles. The molecule has 5 fully saturated rings. The number of carbonyl (C=O) groups excluding carboxylic acids is 1. The summed E-state index contributed by atoms with van der Waals surface area (Å²) in [5.41, 5.74) is 0.0155. The molecule has 0 bridgehead atoms. The average molecular weight is 473 g/mol. The van der Waals surface area contributed by atoms with Gasteiger partial charge in [-0.3, -0.25) is 9.59 Å². The third kappa shape index (κ3) is 2.81. The van der Waals surface area contributed by atoms with Crippen molar-refractivity contribution in [1.29, 1.82) is 0 Å². The first-order valence-electron chi connectivity index (χ1n) is 14.0. The number of hydrogen-bond acceptors (Lipinski definition) is 3. The van der Waals surface area contributed by atoms with Crippen molar-refractivity contribution in [2.24, 2.45) is 56.2 Å². The number of aliphatic carboxylic acids is 1. The van der Waals surface area contributed by atoms with E-state index in [1.54, 1.807) is 0 Å². The first-order chi connectivity index (χ1) is 15.6. The van der Waals surface area contributed by atoms with Gasteiger partial charge in [-0.15, -0.1) is 0 Å². The normalized spacial score (nSPS) is 59.3. The Bertz CT molecular complexity index is 913. The number of ketones is 1. The third-order valence-corrected chi connectivity index (χ3v) is 14.1. The highest BCUT2D eigenvalue weighted by molar-refractivity contribution is 5.86. The Morgan fingerprint density at radius 1 is 0.794 bits per heavy atom. The van der Waals surface area contributed by atoms with E-state index in [-0.39, 0.29) is 38.8 Å². The zero-order valence-corrected chi connectivity index (χ0v) is 22.7. The van der Waals surface area contributed by atoms with Crippen molar-refractivity contribution in [1.82, 2.24) is 0 Å². The Hall–Kier alpha value is -0.900. The lowest BCUT2D eigenvalue weighted by molar-refractivity contribution is -0.260. The first kappa shape index (κ1) is 24.8. The second-order valence-corrected chi connectivity index (χ2v) is 15.1. The molecule has 5 aliphatic carbocycles. The van der Waals surface area contributed by atoms with Gasteiger partial charge in [-0.1, -0.05) is 41.5 Å². The quantitative estimate of drug-likeness (QED) is 0.457. The molecule has 0 saturated heterocycles. The van der Waals surface area contributed by atoms with Gasteiger partial charge in [-0.25, -0.2) is 0 Å². The highest BCUT2D eigenvalue weighted by Gasteiger charge is 2.71. The number of carbonyl (C=O) groups is 2. The Kier molecular flexibility index (Phi) is 5.18. The van der Waals surface area contributed by atoms with Crippen LogP contribution in [0.3, 0.4) is 0 Å². The molecular formula is C30H48O4. The highest BCUT2D eigenvalue weighted by atomic mass is 16.4. The minimum absolute atomic E-state index is 0.0262. The zero-order valence-electron chi connectivity index (χ0n) is 22.7. The van der Waals surface area contributed by atoms with Crippen LogP contribution >= 0.6 is 0 Å². The monoisotopic (exact) mass is 472 g/mol. The number of aliphatic hydroxyl groups is 1. The summed E-state index contributed by atoms with van der Waals surface area (Å²) in [4.78, 5) is 25.1. The van der Waals surface area contributed by atoms with E-state index in [1.807, 2.05) is 6.92 Å². The van der Waals surface area contributed by atoms with Gasteiger partial charge in [0.2, 0.25) is 0 Å². The van der Waals surface area contributed by atoms with Crippen LogP contribution in [-0.4, -0.2) is 28.1 Å². The topological polar surface area (TPSA) is 74.6 Å². The molecule has 0 aromatic rings. The molecule has 0 radical (unpaired) electrons. The van der Waals surface area contributed by atoms with Crippen LogP contribution < -0.4 is 0 Å². The lowest BCUT2D eigenvalue weighted by Crippen LogP contribution is -2.68. The molecule has 192 valence electrons. The van der Waals surface area contributed by atoms with Gasteiger partial charge >= 0.3 is 5.97 Å². The molecule has 3 unspecified atom stereocenters. The first-order valence-corrected chi connectivity index (χ1v) is 14.0. The number of carboxylic acids is 1. The van der Waals surface area contributed by atoms with Crippen molar-refractivity contribution >= 4 is 11.8 Å². The van der Waals surface area contributed by atoms with Gasteiger partial charge in [0, 0.05) is 5.92 Å². The van der Waals surface area contributed by atoms with Gasteiger partial charge < -0.3 is 10.2 Å². The van der Waals surface area contributed by atoms with E-state index >= 15 is 0 Å². The summed E-state index contributed by atoms with van der Waals surface area (Å²) in [5, 5.41) is 20.9. The molecule has 0 aliphatic heterocycles. The number of carboxylic acid groups (broad SMARTS) is 1. The molecule has 2 N–H and O–H groups in total. The highest BCUT2D eigenvalue weighted by Crippen LogP contribution is 2.78. The fraction of sp³-hybridized carbons (Fsp3) is 0.933. The molecule has 5 rings (SSSR count). The minimum atomic E-state index is -0.811. The summed E-state index contributed by atoms with van der Waals surface area (Å²) in [6.45, 7) is 16.4. The van der Waals surface area contributed by atoms with Crippen molar-refractivity contribution in [2.45, 2.75) is 119 Å².